The fourth-order valence-electron chi connectivity index (χ4n) is 6.98. The molecule has 4 aliphatic rings. The number of hydrogen-bond donors (Lipinski definition) is 6. The van der Waals surface area contributed by atoms with E-state index >= 15 is 4.79 Å². The van der Waals surface area contributed by atoms with E-state index in [9.17, 15) is 24.3 Å². The van der Waals surface area contributed by atoms with Crippen molar-refractivity contribution in [1.29, 1.82) is 0 Å². The van der Waals surface area contributed by atoms with Crippen LogP contribution in [0, 0.1) is 0 Å². The Kier molecular flexibility index (Phi) is 15.5. The maximum atomic E-state index is 15.5. The van der Waals surface area contributed by atoms with Gasteiger partial charge in [-0.15, -0.1) is 33.7 Å². The van der Waals surface area contributed by atoms with Crippen molar-refractivity contribution < 1.29 is 29.1 Å². The molecule has 4 aliphatic heterocycles. The van der Waals surface area contributed by atoms with Crippen LogP contribution in [0.4, 0.5) is 5.95 Å². The zero-order chi connectivity index (χ0) is 46.4. The summed E-state index contributed by atoms with van der Waals surface area (Å²) in [5.41, 5.74) is 13.1. The molecule has 4 amide bonds. The molecule has 0 bridgehead atoms. The summed E-state index contributed by atoms with van der Waals surface area (Å²) in [5, 5.41) is 40.2. The number of rotatable bonds is 21. The van der Waals surface area contributed by atoms with Gasteiger partial charge in [-0.1, -0.05) is 29.6 Å². The van der Waals surface area contributed by atoms with E-state index in [1.165, 1.54) is 63.0 Å². The van der Waals surface area contributed by atoms with E-state index in [2.05, 4.69) is 56.6 Å². The van der Waals surface area contributed by atoms with Gasteiger partial charge in [0.1, 0.15) is 34.0 Å². The fraction of sp³-hybridized carbons (Fsp3) is 0.528. The fourth-order valence-corrected chi connectivity index (χ4v) is 11.6. The van der Waals surface area contributed by atoms with Gasteiger partial charge in [-0.25, -0.2) is 24.1 Å². The Hall–Kier alpha value is -5.49. The van der Waals surface area contributed by atoms with Gasteiger partial charge >= 0.3 is 5.97 Å². The molecule has 3 aromatic heterocycles. The van der Waals surface area contributed by atoms with E-state index in [0.29, 0.717) is 71.3 Å². The second kappa shape index (κ2) is 21.2. The lowest BCUT2D eigenvalue weighted by Crippen LogP contribution is -2.71. The summed E-state index contributed by atoms with van der Waals surface area (Å²) in [6.45, 7) is 2.16. The van der Waals surface area contributed by atoms with Gasteiger partial charge in [0.25, 0.3) is 11.8 Å². The highest BCUT2D eigenvalue weighted by atomic mass is 32.2. The number of nitrogens with two attached hydrogens (primary N) is 2. The third-order valence-corrected chi connectivity index (χ3v) is 14.9. The quantitative estimate of drug-likeness (QED) is 0.0510. The first kappa shape index (κ1) is 47.5. The number of fused-ring (bicyclic) bond motifs is 1. The minimum Gasteiger partial charge on any atom is -0.477 e. The number of carbonyl (C=O) groups is 5. The number of tetrazole rings is 2. The highest BCUT2D eigenvalue weighted by Gasteiger charge is 2.55. The number of carboxylic acids is 1. The van der Waals surface area contributed by atoms with Gasteiger partial charge in [0.2, 0.25) is 22.1 Å². The van der Waals surface area contributed by atoms with E-state index in [1.807, 2.05) is 38.0 Å². The average molecular weight is 972 g/mol. The molecule has 0 aromatic carbocycles. The second-order valence-corrected chi connectivity index (χ2v) is 19.8. The highest BCUT2D eigenvalue weighted by molar-refractivity contribution is 8.01. The smallest absolute Gasteiger partial charge is 0.352 e. The number of aliphatic imine (C=N–C) groups is 1. The summed E-state index contributed by atoms with van der Waals surface area (Å²) in [5.74, 6) is -2.31. The summed E-state index contributed by atoms with van der Waals surface area (Å²) >= 11 is 5.13. The monoisotopic (exact) mass is 971 g/mol. The van der Waals surface area contributed by atoms with Gasteiger partial charge in [0, 0.05) is 60.5 Å². The van der Waals surface area contributed by atoms with E-state index in [0.717, 1.165) is 0 Å². The van der Waals surface area contributed by atoms with Crippen molar-refractivity contribution in [3.63, 3.8) is 0 Å². The molecular formula is C36H49N19O6S4. The minimum absolute atomic E-state index is 0.0245. The Balaban J connectivity index is 1.22. The minimum atomic E-state index is -1.38. The normalized spacial score (nSPS) is 19.7. The summed E-state index contributed by atoms with van der Waals surface area (Å²) in [4.78, 5) is 87.1. The van der Waals surface area contributed by atoms with Crippen LogP contribution in [0.2, 0.25) is 0 Å². The van der Waals surface area contributed by atoms with Crippen LogP contribution >= 0.6 is 47.0 Å². The number of nitrogen functional groups attached to an aromatic ring is 1. The summed E-state index contributed by atoms with van der Waals surface area (Å²) in [7, 11) is 7.70. The molecule has 8 N–H and O–H groups in total. The van der Waals surface area contributed by atoms with Crippen LogP contribution in [0.3, 0.4) is 0 Å². The third-order valence-electron chi connectivity index (χ3n) is 10.2. The molecule has 348 valence electrons. The lowest BCUT2D eigenvalue weighted by atomic mass is 10.0. The number of nitrogens with zero attached hydrogens (tertiary/aromatic N) is 14. The number of anilines is 1. The molecule has 1 fully saturated rings. The molecule has 0 aliphatic carbocycles. The molecule has 0 saturated carbocycles. The number of β-lactam (4-membered cyclic amide) rings is 1. The average Bonchev–Trinajstić information content (AvgIpc) is 4.10. The van der Waals surface area contributed by atoms with Crippen molar-refractivity contribution in [3.8, 4) is 0 Å². The lowest BCUT2D eigenvalue weighted by Gasteiger charge is -2.51. The summed E-state index contributed by atoms with van der Waals surface area (Å²) in [6, 6.07) is -0.990. The van der Waals surface area contributed by atoms with Gasteiger partial charge in [0.15, 0.2) is 5.95 Å². The maximum absolute atomic E-state index is 15.5. The molecule has 1 unspecified atom stereocenters. The number of carbonyl (C=O) groups excluding carboxylic acids is 4. The number of aromatic nitrogens is 10. The molecule has 29 heteroatoms. The van der Waals surface area contributed by atoms with Crippen LogP contribution in [0.5, 0.6) is 0 Å². The lowest BCUT2D eigenvalue weighted by molar-refractivity contribution is -0.149. The van der Waals surface area contributed by atoms with Gasteiger partial charge in [-0.3, -0.25) is 29.0 Å². The Labute approximate surface area is 389 Å². The van der Waals surface area contributed by atoms with Crippen LogP contribution in [0.1, 0.15) is 18.5 Å². The molecule has 7 rings (SSSR count). The van der Waals surface area contributed by atoms with Gasteiger partial charge in [-0.05, 0) is 60.2 Å². The SMILES string of the molecule is CN(C)CCn1nnnc1SCC1=C(C(=O)O)N(C(=O)C2=C(CSc3nnnn3CCN(C)C)CS[C@@H]3[C@H](NC(=O)Cc4cnc(N)[nH]4)C(=O)N23)C(CNC(=O)CC2=CCC(N)=N2)SC1. The molecule has 3 atom stereocenters. The van der Waals surface area contributed by atoms with E-state index in [4.69, 9.17) is 11.5 Å². The van der Waals surface area contributed by atoms with Crippen LogP contribution in [-0.2, 0) is 43.5 Å². The van der Waals surface area contributed by atoms with E-state index in [1.54, 1.807) is 15.4 Å². The number of amidine groups is 1. The molecule has 7 heterocycles. The molecule has 25 nitrogen and oxygen atoms in total. The first-order valence-corrected chi connectivity index (χ1v) is 24.3. The largest absolute Gasteiger partial charge is 0.477 e. The maximum Gasteiger partial charge on any atom is 0.352 e. The number of thioether (sulfide) groups is 4. The Morgan fingerprint density at radius 1 is 0.908 bits per heavy atom. The van der Waals surface area contributed by atoms with Crippen molar-refractivity contribution in [1.82, 2.24) is 80.6 Å². The zero-order valence-corrected chi connectivity index (χ0v) is 39.2. The van der Waals surface area contributed by atoms with E-state index in [-0.39, 0.29) is 59.7 Å². The van der Waals surface area contributed by atoms with Crippen molar-refractivity contribution in [3.05, 3.63) is 46.2 Å². The first-order chi connectivity index (χ1) is 31.2. The molecular weight excluding hydrogens is 923 g/mol. The number of amides is 4. The Bertz CT molecular complexity index is 2430. The molecule has 3 aromatic rings. The molecule has 0 spiro atoms. The summed E-state index contributed by atoms with van der Waals surface area (Å²) in [6.07, 6.45) is 3.42. The first-order valence-electron chi connectivity index (χ1n) is 20.2. The third kappa shape index (κ3) is 11.5. The number of aromatic amines is 1. The number of carboxylic acid groups (broad SMARTS) is 1. The van der Waals surface area contributed by atoms with Crippen LogP contribution in [0.25, 0.3) is 0 Å². The number of imidazole rings is 1. The van der Waals surface area contributed by atoms with Crippen LogP contribution in [-0.4, -0.2) is 198 Å². The van der Waals surface area contributed by atoms with Crippen molar-refractivity contribution in [2.24, 2.45) is 10.7 Å². The Morgan fingerprint density at radius 3 is 2.11 bits per heavy atom. The highest BCUT2D eigenvalue weighted by Crippen LogP contribution is 2.44. The number of aliphatic carboxylic acids is 1. The van der Waals surface area contributed by atoms with Crippen molar-refractivity contribution in [2.75, 3.05) is 76.6 Å². The molecule has 0 radical (unpaired) electrons. The summed E-state index contributed by atoms with van der Waals surface area (Å²) < 4.78 is 3.27. The number of nitrogens with one attached hydrogen (secondary N) is 3. The van der Waals surface area contributed by atoms with Crippen LogP contribution < -0.4 is 22.1 Å². The standard InChI is InChI=1S/C36H49N19O6S4/c1-50(2)7-9-52-35(44-46-48-52)64-17-19-16-63-32-27(43-25(57)12-22-13-40-34(38)42-22)30(58)55(32)28(19)31(59)54-26(14-39-24(56)11-21-5-6-23(37)41-21)62-15-20(29(54)33(60)61)18-65-36-45-47-49-53(36)10-8-51(3)4/h5,13,26-27,32H,6-12,14-18H2,1-4H3,(H2,37,41)(H,39,56)(H,43,57)(H,60,61)(H3,38,40,42)/t26?,27-,32-/m1/s1. The van der Waals surface area contributed by atoms with Crippen LogP contribution in [0.15, 0.2) is 55.8 Å². The van der Waals surface area contributed by atoms with Gasteiger partial charge < -0.3 is 42.0 Å². The predicted octanol–water partition coefficient (Wildman–Crippen LogP) is -1.74. The molecule has 65 heavy (non-hydrogen) atoms. The second-order valence-electron chi connectivity index (χ2n) is 15.6. The van der Waals surface area contributed by atoms with Gasteiger partial charge in [0.05, 0.1) is 32.1 Å². The topological polar surface area (TPSA) is 323 Å². The number of H-pyrrole nitrogens is 1. The predicted molar refractivity (Wildman–Crippen MR) is 243 cm³/mol. The Morgan fingerprint density at radius 2 is 1.54 bits per heavy atom. The van der Waals surface area contributed by atoms with Crippen molar-refractivity contribution in [2.45, 2.75) is 59.5 Å². The number of hydrogen-bond acceptors (Lipinski definition) is 21. The van der Waals surface area contributed by atoms with E-state index < -0.39 is 46.4 Å². The van der Waals surface area contributed by atoms with Crippen molar-refractivity contribution >= 4 is 88.4 Å². The molecule has 1 saturated heterocycles. The number of likely N-dealkylation sites (N-methyl/N-ethyl adjacent to an activating group) is 2. The van der Waals surface area contributed by atoms with Gasteiger partial charge in [-0.2, -0.15) is 0 Å². The zero-order valence-electron chi connectivity index (χ0n) is 35.9.